The van der Waals surface area contributed by atoms with Crippen molar-refractivity contribution < 1.29 is 0 Å². The molecule has 3 nitrogen and oxygen atoms in total. The number of hydrogen-bond acceptors (Lipinski definition) is 3. The second-order valence-corrected chi connectivity index (χ2v) is 5.47. The number of rotatable bonds is 4. The van der Waals surface area contributed by atoms with Gasteiger partial charge in [-0.05, 0) is 24.7 Å². The molecule has 0 spiro atoms. The molecule has 0 saturated heterocycles. The van der Waals surface area contributed by atoms with Crippen LogP contribution in [0.3, 0.4) is 0 Å². The van der Waals surface area contributed by atoms with Gasteiger partial charge in [-0.15, -0.1) is 0 Å². The van der Waals surface area contributed by atoms with Gasteiger partial charge in [-0.3, -0.25) is 0 Å². The van der Waals surface area contributed by atoms with Gasteiger partial charge in [0.05, 0.1) is 0 Å². The molecule has 2 rings (SSSR count). The average Bonchev–Trinajstić information content (AvgIpc) is 2.78. The van der Waals surface area contributed by atoms with Crippen molar-refractivity contribution in [1.29, 1.82) is 0 Å². The minimum atomic E-state index is 0.342. The van der Waals surface area contributed by atoms with E-state index in [1.54, 1.807) is 0 Å². The van der Waals surface area contributed by atoms with E-state index >= 15 is 0 Å². The van der Waals surface area contributed by atoms with Crippen LogP contribution in [0, 0.1) is 5.92 Å². The van der Waals surface area contributed by atoms with E-state index in [0.717, 1.165) is 23.8 Å². The molecule has 0 aromatic carbocycles. The Morgan fingerprint density at radius 1 is 1.35 bits per heavy atom. The fraction of sp³-hybridized carbons (Fsp3) is 0.692. The fourth-order valence-electron chi connectivity index (χ4n) is 2.48. The maximum Gasteiger partial charge on any atom is 0.138 e. The summed E-state index contributed by atoms with van der Waals surface area (Å²) in [5.41, 5.74) is 1.03. The Morgan fingerprint density at radius 3 is 2.71 bits per heavy atom. The summed E-state index contributed by atoms with van der Waals surface area (Å²) < 4.78 is 0. The summed E-state index contributed by atoms with van der Waals surface area (Å²) in [4.78, 5) is 8.37. The molecule has 1 aromatic heterocycles. The van der Waals surface area contributed by atoms with E-state index in [4.69, 9.17) is 11.6 Å². The predicted molar refractivity (Wildman–Crippen MR) is 71.6 cm³/mol. The third-order valence-electron chi connectivity index (χ3n) is 3.45. The molecule has 0 atom stereocenters. The van der Waals surface area contributed by atoms with Gasteiger partial charge in [0.2, 0.25) is 0 Å². The lowest BCUT2D eigenvalue weighted by atomic mass is 10.1. The van der Waals surface area contributed by atoms with Crippen LogP contribution in [-0.2, 0) is 0 Å². The first kappa shape index (κ1) is 12.6. The van der Waals surface area contributed by atoms with Crippen LogP contribution in [0.25, 0.3) is 0 Å². The summed E-state index contributed by atoms with van der Waals surface area (Å²) in [6.07, 6.45) is 6.94. The molecule has 0 bridgehead atoms. The van der Waals surface area contributed by atoms with Crippen molar-refractivity contribution in [2.75, 3.05) is 11.9 Å². The lowest BCUT2D eigenvalue weighted by Crippen LogP contribution is -2.14. The molecule has 4 heteroatoms. The molecule has 0 amide bonds. The van der Waals surface area contributed by atoms with Crippen LogP contribution >= 0.6 is 11.6 Å². The normalized spacial score (nSPS) is 16.7. The van der Waals surface area contributed by atoms with Gasteiger partial charge in [0.1, 0.15) is 17.3 Å². The van der Waals surface area contributed by atoms with Crippen molar-refractivity contribution in [3.63, 3.8) is 0 Å². The zero-order chi connectivity index (χ0) is 12.3. The smallest absolute Gasteiger partial charge is 0.138 e. The highest BCUT2D eigenvalue weighted by Crippen LogP contribution is 2.29. The Morgan fingerprint density at radius 2 is 2.06 bits per heavy atom. The highest BCUT2D eigenvalue weighted by Gasteiger charge is 2.17. The zero-order valence-electron chi connectivity index (χ0n) is 10.5. The first-order valence-electron chi connectivity index (χ1n) is 6.42. The van der Waals surface area contributed by atoms with E-state index in [2.05, 4.69) is 29.1 Å². The first-order valence-corrected chi connectivity index (χ1v) is 6.80. The van der Waals surface area contributed by atoms with Gasteiger partial charge in [0.15, 0.2) is 0 Å². The second kappa shape index (κ2) is 5.67. The van der Waals surface area contributed by atoms with Crippen molar-refractivity contribution in [1.82, 2.24) is 9.97 Å². The van der Waals surface area contributed by atoms with E-state index in [0.29, 0.717) is 11.1 Å². The molecule has 1 N–H and O–H groups in total. The minimum Gasteiger partial charge on any atom is -0.369 e. The van der Waals surface area contributed by atoms with Crippen LogP contribution in [0.5, 0.6) is 0 Å². The summed E-state index contributed by atoms with van der Waals surface area (Å²) in [6.45, 7) is 5.24. The molecule has 1 aliphatic rings. The molecule has 0 aliphatic heterocycles. The SMILES string of the molecule is CC(C)c1c(Cl)ncnc1NCC1CCCC1. The van der Waals surface area contributed by atoms with E-state index in [1.807, 2.05) is 0 Å². The number of halogens is 1. The van der Waals surface area contributed by atoms with Gasteiger partial charge in [0.25, 0.3) is 0 Å². The standard InChI is InChI=1S/C13H20ClN3/c1-9(2)11-12(14)16-8-17-13(11)15-7-10-5-3-4-6-10/h8-10H,3-7H2,1-2H3,(H,15,16,17). The van der Waals surface area contributed by atoms with Crippen molar-refractivity contribution in [2.24, 2.45) is 5.92 Å². The quantitative estimate of drug-likeness (QED) is 0.828. The van der Waals surface area contributed by atoms with Crippen LogP contribution in [0.2, 0.25) is 5.15 Å². The topological polar surface area (TPSA) is 37.8 Å². The Hall–Kier alpha value is -0.830. The largest absolute Gasteiger partial charge is 0.369 e. The van der Waals surface area contributed by atoms with E-state index in [1.165, 1.54) is 32.0 Å². The third kappa shape index (κ3) is 3.09. The molecule has 1 aliphatic carbocycles. The summed E-state index contributed by atoms with van der Waals surface area (Å²) in [6, 6.07) is 0. The van der Waals surface area contributed by atoms with Gasteiger partial charge in [-0.2, -0.15) is 0 Å². The van der Waals surface area contributed by atoms with Gasteiger partial charge in [-0.1, -0.05) is 38.3 Å². The summed E-state index contributed by atoms with van der Waals surface area (Å²) in [5.74, 6) is 2.05. The molecule has 94 valence electrons. The number of nitrogens with one attached hydrogen (secondary N) is 1. The van der Waals surface area contributed by atoms with Gasteiger partial charge >= 0.3 is 0 Å². The Kier molecular flexibility index (Phi) is 4.21. The lowest BCUT2D eigenvalue weighted by molar-refractivity contribution is 0.578. The molecule has 1 saturated carbocycles. The van der Waals surface area contributed by atoms with E-state index in [-0.39, 0.29) is 0 Å². The van der Waals surface area contributed by atoms with Crippen molar-refractivity contribution in [3.8, 4) is 0 Å². The molecule has 17 heavy (non-hydrogen) atoms. The lowest BCUT2D eigenvalue weighted by Gasteiger charge is -2.16. The first-order chi connectivity index (χ1) is 8.18. The predicted octanol–water partition coefficient (Wildman–Crippen LogP) is 3.86. The van der Waals surface area contributed by atoms with E-state index < -0.39 is 0 Å². The van der Waals surface area contributed by atoms with Crippen LogP contribution in [0.15, 0.2) is 6.33 Å². The maximum absolute atomic E-state index is 6.13. The summed E-state index contributed by atoms with van der Waals surface area (Å²) in [7, 11) is 0. The Bertz CT molecular complexity index is 373. The monoisotopic (exact) mass is 253 g/mol. The maximum atomic E-state index is 6.13. The number of nitrogens with zero attached hydrogens (tertiary/aromatic N) is 2. The van der Waals surface area contributed by atoms with Crippen LogP contribution in [0.1, 0.15) is 51.0 Å². The molecule has 0 radical (unpaired) electrons. The van der Waals surface area contributed by atoms with Crippen LogP contribution in [-0.4, -0.2) is 16.5 Å². The summed E-state index contributed by atoms with van der Waals surface area (Å²) in [5, 5.41) is 4.01. The molecule has 1 aromatic rings. The molecular weight excluding hydrogens is 234 g/mol. The Balaban J connectivity index is 2.06. The zero-order valence-corrected chi connectivity index (χ0v) is 11.3. The van der Waals surface area contributed by atoms with Gasteiger partial charge < -0.3 is 5.32 Å². The minimum absolute atomic E-state index is 0.342. The molecule has 0 unspecified atom stereocenters. The van der Waals surface area contributed by atoms with Gasteiger partial charge in [-0.25, -0.2) is 9.97 Å². The van der Waals surface area contributed by atoms with E-state index in [9.17, 15) is 0 Å². The number of aromatic nitrogens is 2. The second-order valence-electron chi connectivity index (χ2n) is 5.11. The summed E-state index contributed by atoms with van der Waals surface area (Å²) >= 11 is 6.13. The Labute approximate surface area is 108 Å². The highest BCUT2D eigenvalue weighted by atomic mass is 35.5. The molecule has 1 fully saturated rings. The number of anilines is 1. The van der Waals surface area contributed by atoms with Gasteiger partial charge in [0, 0.05) is 12.1 Å². The van der Waals surface area contributed by atoms with Crippen LogP contribution in [0.4, 0.5) is 5.82 Å². The number of hydrogen-bond donors (Lipinski definition) is 1. The third-order valence-corrected chi connectivity index (χ3v) is 3.75. The van der Waals surface area contributed by atoms with Crippen molar-refractivity contribution in [2.45, 2.75) is 45.4 Å². The molecule has 1 heterocycles. The molecular formula is C13H20ClN3. The average molecular weight is 254 g/mol. The van der Waals surface area contributed by atoms with Crippen LogP contribution < -0.4 is 5.32 Å². The van der Waals surface area contributed by atoms with Crippen molar-refractivity contribution >= 4 is 17.4 Å². The fourth-order valence-corrected chi connectivity index (χ4v) is 2.83. The highest BCUT2D eigenvalue weighted by molar-refractivity contribution is 6.30. The van der Waals surface area contributed by atoms with Crippen molar-refractivity contribution in [3.05, 3.63) is 17.0 Å².